The smallest absolute Gasteiger partial charge is 0.257 e. The number of nitrogens with one attached hydrogen (secondary N) is 2. The van der Waals surface area contributed by atoms with E-state index in [1.165, 1.54) is 16.0 Å². The fourth-order valence-electron chi connectivity index (χ4n) is 13.3. The lowest BCUT2D eigenvalue weighted by Gasteiger charge is -2.30. The topological polar surface area (TPSA) is 376 Å². The van der Waals surface area contributed by atoms with Gasteiger partial charge in [-0.3, -0.25) is 9.80 Å². The summed E-state index contributed by atoms with van der Waals surface area (Å²) in [7, 11) is -4.55. The molecule has 2 aliphatic heterocycles. The van der Waals surface area contributed by atoms with Crippen LogP contribution in [0.3, 0.4) is 0 Å². The molecular weight excluding hydrogens is 1820 g/mol. The van der Waals surface area contributed by atoms with E-state index in [9.17, 15) is 9.13 Å². The molecule has 29 nitrogen and oxygen atoms in total. The average molecular weight is 1970 g/mol. The summed E-state index contributed by atoms with van der Waals surface area (Å²) in [6.45, 7) is 67.0. The average Bonchev–Trinajstić information content (AvgIpc) is 1.37. The van der Waals surface area contributed by atoms with E-state index < -0.39 is 14.3 Å². The van der Waals surface area contributed by atoms with Gasteiger partial charge in [0.1, 0.15) is 20.0 Å². The number of hydrogen-bond donors (Lipinski definition) is 3. The molecule has 16 rings (SSSR count). The first-order valence-electron chi connectivity index (χ1n) is 48.4. The Balaban J connectivity index is 0.000000179. The summed E-state index contributed by atoms with van der Waals surface area (Å²) in [4.78, 5) is 27.8. The minimum Gasteiger partial charge on any atom is -0.441 e. The van der Waals surface area contributed by atoms with Gasteiger partial charge in [0.15, 0.2) is 11.6 Å². The second-order valence-electron chi connectivity index (χ2n) is 43.7. The zero-order chi connectivity index (χ0) is 103. The van der Waals surface area contributed by atoms with Crippen molar-refractivity contribution in [3.05, 3.63) is 264 Å². The summed E-state index contributed by atoms with van der Waals surface area (Å²) >= 11 is 1.70. The molecule has 0 amide bonds. The summed E-state index contributed by atoms with van der Waals surface area (Å²) in [6, 6.07) is 56.4. The normalized spacial score (nSPS) is 14.0. The molecule has 6 aromatic carbocycles. The van der Waals surface area contributed by atoms with Crippen molar-refractivity contribution in [1.82, 2.24) is 86.1 Å². The molecule has 14 aromatic rings. The van der Waals surface area contributed by atoms with E-state index in [-0.39, 0.29) is 49.4 Å². The van der Waals surface area contributed by atoms with Crippen LogP contribution in [0, 0.1) is 0 Å². The Morgan fingerprint density at radius 3 is 1.44 bits per heavy atom. The Morgan fingerprint density at radius 2 is 0.936 bits per heavy atom. The number of nitrogens with two attached hydrogens (primary N) is 1. The van der Waals surface area contributed by atoms with E-state index in [1.807, 2.05) is 168 Å². The van der Waals surface area contributed by atoms with Crippen LogP contribution in [0.4, 0.5) is 5.88 Å². The van der Waals surface area contributed by atoms with Crippen molar-refractivity contribution in [3.8, 4) is 34.3 Å². The third-order valence-corrected chi connectivity index (χ3v) is 28.0. The summed E-state index contributed by atoms with van der Waals surface area (Å²) in [5.74, 6) is 11.9. The third-order valence-electron chi connectivity index (χ3n) is 22.3. The first-order chi connectivity index (χ1) is 65.6. The molecule has 2 fully saturated rings. The van der Waals surface area contributed by atoms with E-state index >= 15 is 0 Å². The maximum atomic E-state index is 12.8. The molecule has 2 saturated heterocycles. The van der Waals surface area contributed by atoms with Crippen LogP contribution in [0.15, 0.2) is 223 Å². The Kier molecular flexibility index (Phi) is 40.3. The molecule has 0 aliphatic carbocycles. The minimum absolute atomic E-state index is 0.0489. The van der Waals surface area contributed by atoms with Crippen LogP contribution < -0.4 is 27.0 Å². The van der Waals surface area contributed by atoms with Crippen molar-refractivity contribution < 1.29 is 44.8 Å². The van der Waals surface area contributed by atoms with Crippen molar-refractivity contribution in [2.75, 3.05) is 70.2 Å². The van der Waals surface area contributed by atoms with Crippen LogP contribution in [0.2, 0.25) is 0 Å². The number of thioether (sulfide) groups is 1. The predicted octanol–water partition coefficient (Wildman–Crippen LogP) is 24.0. The van der Waals surface area contributed by atoms with Gasteiger partial charge in [-0.1, -0.05) is 323 Å². The number of hydrogen-bond acceptors (Lipinski definition) is 30. The van der Waals surface area contributed by atoms with Gasteiger partial charge in [-0.05, 0) is 93.1 Å². The monoisotopic (exact) mass is 1970 g/mol. The minimum atomic E-state index is -2.28. The SMILES string of the molecule is CC(C)(C)c1nc(-c2cccc(P(C)(C)=O)c2)no1.CC(C)(C)c1ncc(NCc2ccccc2)o1.CC(C)(C)c1nnc(CCc2ccccc2)o1.CC(C)(C)c1nnc(CN2CCC(N)CC2)o1.CC(C)(C)c1nnc(CSc2ccccc2)o1.CC(C)(C)c1noc(-c2ccccc2)n1.CC(c1nc(C(C)(C)C)no1)N1CCNCC1.CCP(=O)(CC)c1cccc(-c2ncc(C(C)(C)C)o2)c1. The molecule has 0 radical (unpaired) electrons. The largest absolute Gasteiger partial charge is 0.441 e. The van der Waals surface area contributed by atoms with Gasteiger partial charge in [-0.25, -0.2) is 9.97 Å². The summed E-state index contributed by atoms with van der Waals surface area (Å²) in [5, 5.41) is 44.9. The van der Waals surface area contributed by atoms with Gasteiger partial charge in [-0.15, -0.1) is 42.4 Å². The second kappa shape index (κ2) is 50.1. The lowest BCUT2D eigenvalue weighted by atomic mass is 9.94. The molecule has 0 saturated carbocycles. The van der Waals surface area contributed by atoms with Crippen LogP contribution >= 0.6 is 26.0 Å². The molecule has 756 valence electrons. The molecule has 8 aromatic heterocycles. The van der Waals surface area contributed by atoms with Gasteiger partial charge in [-0.2, -0.15) is 15.0 Å². The van der Waals surface area contributed by atoms with Gasteiger partial charge >= 0.3 is 0 Å². The van der Waals surface area contributed by atoms with Crippen molar-refractivity contribution >= 4 is 42.5 Å². The quantitative estimate of drug-likeness (QED) is 0.0471. The number of likely N-dealkylation sites (tertiary alicyclic amines) is 1. The van der Waals surface area contributed by atoms with Gasteiger partial charge < -0.3 is 61.2 Å². The van der Waals surface area contributed by atoms with E-state index in [0.717, 1.165) is 146 Å². The number of aryl methyl sites for hydroxylation is 2. The lowest BCUT2D eigenvalue weighted by molar-refractivity contribution is 0.154. The van der Waals surface area contributed by atoms with Crippen molar-refractivity contribution in [2.24, 2.45) is 5.73 Å². The molecule has 4 N–H and O–H groups in total. The number of aromatic nitrogens is 14. The van der Waals surface area contributed by atoms with E-state index in [1.54, 1.807) is 37.5 Å². The number of anilines is 1. The zero-order valence-electron chi connectivity index (χ0n) is 88.2. The first-order valence-corrected chi connectivity index (χ1v) is 54.1. The highest BCUT2D eigenvalue weighted by Crippen LogP contribution is 2.44. The molecule has 1 atom stereocenters. The van der Waals surface area contributed by atoms with Crippen LogP contribution in [-0.2, 0) is 84.1 Å². The Morgan fingerprint density at radius 1 is 0.450 bits per heavy atom. The van der Waals surface area contributed by atoms with Crippen LogP contribution in [-0.4, -0.2) is 152 Å². The number of rotatable bonds is 20. The maximum absolute atomic E-state index is 12.8. The highest BCUT2D eigenvalue weighted by molar-refractivity contribution is 7.98. The number of oxazole rings is 2. The van der Waals surface area contributed by atoms with Crippen molar-refractivity contribution in [3.63, 3.8) is 0 Å². The fourth-order valence-corrected chi connectivity index (χ4v) is 16.8. The highest BCUT2D eigenvalue weighted by atomic mass is 32.2. The predicted molar refractivity (Wildman–Crippen MR) is 561 cm³/mol. The van der Waals surface area contributed by atoms with E-state index in [4.69, 9.17) is 41.4 Å². The van der Waals surface area contributed by atoms with Crippen LogP contribution in [0.1, 0.15) is 287 Å². The Hall–Kier alpha value is -11.0. The lowest BCUT2D eigenvalue weighted by Crippen LogP contribution is -2.44. The van der Waals surface area contributed by atoms with E-state index in [0.29, 0.717) is 77.1 Å². The van der Waals surface area contributed by atoms with Gasteiger partial charge in [0, 0.05) is 146 Å². The molecule has 1 unspecified atom stereocenters. The standard InChI is InChI=1S/C17H24NO2P.C14H19N2O2P.2C14H18N2O.C13H16N2OS.2C12H22N4O.C12H14N2O/c1-6-21(19,7-2)14-10-8-9-13(11-14)16-18-12-15(20-16)17(3,4)5;1-14(2,3)13-15-12(16-18-13)10-7-6-8-11(9-10)19(4,5)17;1-14(2,3)13-16-10-12(17-13)15-9-11-7-5-4-6-8-11;1-14(2,3)13-16-15-12(17-13)10-9-11-7-5-4-6-8-11;1-13(2,3)12-15-14-11(16-12)9-17-10-7-5-4-6-8-10;1-9(16-7-5-13-6-8-16)10-14-11(15-17-10)12(2,3)4;1-12(2,3)11-15-14-10(17-11)8-16-6-4-9(13)5-7-16;1-12(2,3)11-13-10(15-14-11)9-7-5-4-6-8-9/h8-12H,6-7H2,1-5H3;6-9H,1-5H3;4-8,10,15H,9H2,1-3H3;4-8H,9-10H2,1-3H3;4-8H,9H2,1-3H3;9,13H,5-8H2,1-4H3;9H,4-8,13H2,1-3H3;4-8H,1-3H3. The Bertz CT molecular complexity index is 5860. The first kappa shape index (κ1) is 113. The summed E-state index contributed by atoms with van der Waals surface area (Å²) in [5.41, 5.74) is 10.4. The van der Waals surface area contributed by atoms with Gasteiger partial charge in [0.05, 0.1) is 30.7 Å². The second-order valence-corrected chi connectivity index (χ2v) is 51.5. The summed E-state index contributed by atoms with van der Waals surface area (Å²) in [6.07, 6.45) is 8.74. The molecule has 0 bridgehead atoms. The van der Waals surface area contributed by atoms with Crippen molar-refractivity contribution in [2.45, 2.75) is 292 Å². The summed E-state index contributed by atoms with van der Waals surface area (Å²) < 4.78 is 69.3. The molecule has 0 spiro atoms. The number of benzene rings is 6. The van der Waals surface area contributed by atoms with E-state index in [2.05, 4.69) is 280 Å². The van der Waals surface area contributed by atoms with Crippen LogP contribution in [0.25, 0.3) is 34.3 Å². The highest BCUT2D eigenvalue weighted by Gasteiger charge is 2.32. The molecule has 2 aliphatic rings. The third kappa shape index (κ3) is 36.2. The number of piperidine rings is 1. The van der Waals surface area contributed by atoms with Crippen molar-refractivity contribution in [1.29, 1.82) is 0 Å². The molecule has 10 heterocycles. The zero-order valence-corrected chi connectivity index (χ0v) is 90.8. The Labute approximate surface area is 834 Å². The molecule has 140 heavy (non-hydrogen) atoms. The van der Waals surface area contributed by atoms with Gasteiger partial charge in [0.2, 0.25) is 70.6 Å². The molecular formula is C108H153N19O10P2S. The van der Waals surface area contributed by atoms with Crippen LogP contribution in [0.5, 0.6) is 0 Å². The van der Waals surface area contributed by atoms with Gasteiger partial charge in [0.25, 0.3) is 5.89 Å². The number of nitrogens with zero attached hydrogens (tertiary/aromatic N) is 16. The number of piperazine rings is 1. The molecule has 32 heteroatoms. The maximum Gasteiger partial charge on any atom is 0.257 e. The fraction of sp³-hybridized carbons (Fsp3) is 0.500.